The Hall–Kier alpha value is -1.25. The Morgan fingerprint density at radius 1 is 1.24 bits per heavy atom. The maximum absolute atomic E-state index is 4.20. The van der Waals surface area contributed by atoms with E-state index in [2.05, 4.69) is 36.4 Å². The van der Waals surface area contributed by atoms with Crippen LogP contribution < -0.4 is 10.6 Å². The maximum atomic E-state index is 4.20. The summed E-state index contributed by atoms with van der Waals surface area (Å²) in [7, 11) is 1.89. The van der Waals surface area contributed by atoms with Gasteiger partial charge in [-0.3, -0.25) is 0 Å². The van der Waals surface area contributed by atoms with Crippen LogP contribution in [0.25, 0.3) is 0 Å². The average molecular weight is 235 g/mol. The van der Waals surface area contributed by atoms with Crippen LogP contribution in [0.5, 0.6) is 0 Å². The molecule has 0 spiro atoms. The summed E-state index contributed by atoms with van der Waals surface area (Å²) < 4.78 is 0. The van der Waals surface area contributed by atoms with Crippen LogP contribution in [0.3, 0.4) is 0 Å². The Balaban J connectivity index is 2.36. The van der Waals surface area contributed by atoms with Crippen LogP contribution in [0.1, 0.15) is 40.0 Å². The second kappa shape index (κ2) is 7.15. The number of nitrogens with one attached hydrogen (secondary N) is 2. The first-order chi connectivity index (χ1) is 8.11. The van der Waals surface area contributed by atoms with E-state index in [-0.39, 0.29) is 0 Å². The standard InChI is InChI=1S/C14H25N3/c1-11(2)6-5-7-12(3)17-13-8-9-16-14(10-13)15-4/h8-12H,5-7H2,1-4H3,(H2,15,16,17). The summed E-state index contributed by atoms with van der Waals surface area (Å²) in [4.78, 5) is 4.20. The zero-order chi connectivity index (χ0) is 12.7. The van der Waals surface area contributed by atoms with Gasteiger partial charge in [0.15, 0.2) is 0 Å². The van der Waals surface area contributed by atoms with Gasteiger partial charge in [0.25, 0.3) is 0 Å². The first-order valence-corrected chi connectivity index (χ1v) is 6.52. The minimum absolute atomic E-state index is 0.515. The third kappa shape index (κ3) is 5.57. The van der Waals surface area contributed by atoms with Crippen molar-refractivity contribution in [2.24, 2.45) is 5.92 Å². The molecule has 0 saturated carbocycles. The van der Waals surface area contributed by atoms with E-state index in [0.717, 1.165) is 17.4 Å². The normalized spacial score (nSPS) is 12.5. The van der Waals surface area contributed by atoms with Crippen LogP contribution in [-0.2, 0) is 0 Å². The number of pyridine rings is 1. The monoisotopic (exact) mass is 235 g/mol. The molecule has 0 aromatic carbocycles. The fourth-order valence-electron chi connectivity index (χ4n) is 1.85. The van der Waals surface area contributed by atoms with Crippen molar-refractivity contribution < 1.29 is 0 Å². The fourth-order valence-corrected chi connectivity index (χ4v) is 1.85. The molecule has 0 aliphatic carbocycles. The number of hydrogen-bond acceptors (Lipinski definition) is 3. The van der Waals surface area contributed by atoms with Gasteiger partial charge in [0.1, 0.15) is 5.82 Å². The SMILES string of the molecule is CNc1cc(NC(C)CCCC(C)C)ccn1. The van der Waals surface area contributed by atoms with Crippen molar-refractivity contribution in [3.8, 4) is 0 Å². The molecule has 0 fully saturated rings. The van der Waals surface area contributed by atoms with E-state index in [4.69, 9.17) is 0 Å². The molecule has 0 saturated heterocycles. The molecule has 0 aliphatic heterocycles. The molecule has 0 aliphatic rings. The predicted molar refractivity (Wildman–Crippen MR) is 75.6 cm³/mol. The van der Waals surface area contributed by atoms with Crippen molar-refractivity contribution in [1.29, 1.82) is 0 Å². The van der Waals surface area contributed by atoms with Gasteiger partial charge in [-0.2, -0.15) is 0 Å². The van der Waals surface area contributed by atoms with Crippen molar-refractivity contribution >= 4 is 11.5 Å². The zero-order valence-electron chi connectivity index (χ0n) is 11.5. The van der Waals surface area contributed by atoms with Crippen molar-refractivity contribution in [3.63, 3.8) is 0 Å². The van der Waals surface area contributed by atoms with Crippen LogP contribution >= 0.6 is 0 Å². The first kappa shape index (κ1) is 13.8. The Morgan fingerprint density at radius 2 is 2.00 bits per heavy atom. The van der Waals surface area contributed by atoms with Crippen LogP contribution in [0.2, 0.25) is 0 Å². The molecule has 3 nitrogen and oxygen atoms in total. The minimum atomic E-state index is 0.515. The molecule has 0 bridgehead atoms. The van der Waals surface area contributed by atoms with Gasteiger partial charge in [0.2, 0.25) is 0 Å². The van der Waals surface area contributed by atoms with Gasteiger partial charge in [-0.25, -0.2) is 4.98 Å². The Labute approximate surface area is 105 Å². The Morgan fingerprint density at radius 3 is 2.65 bits per heavy atom. The van der Waals surface area contributed by atoms with E-state index in [1.807, 2.05) is 25.4 Å². The quantitative estimate of drug-likeness (QED) is 0.755. The smallest absolute Gasteiger partial charge is 0.127 e. The van der Waals surface area contributed by atoms with Crippen molar-refractivity contribution in [2.45, 2.75) is 46.1 Å². The Kier molecular flexibility index (Phi) is 5.81. The number of anilines is 2. The van der Waals surface area contributed by atoms with E-state index in [1.54, 1.807) is 0 Å². The molecule has 1 aromatic rings. The Bertz CT molecular complexity index is 323. The van der Waals surface area contributed by atoms with Gasteiger partial charge in [0.05, 0.1) is 0 Å². The molecule has 96 valence electrons. The van der Waals surface area contributed by atoms with Gasteiger partial charge in [0, 0.05) is 31.0 Å². The van der Waals surface area contributed by atoms with Crippen molar-refractivity contribution in [2.75, 3.05) is 17.7 Å². The lowest BCUT2D eigenvalue weighted by atomic mass is 10.0. The first-order valence-electron chi connectivity index (χ1n) is 6.52. The highest BCUT2D eigenvalue weighted by atomic mass is 15.0. The molecule has 1 atom stereocenters. The van der Waals surface area contributed by atoms with E-state index >= 15 is 0 Å². The highest BCUT2D eigenvalue weighted by Crippen LogP contribution is 2.15. The second-order valence-corrected chi connectivity index (χ2v) is 5.05. The van der Waals surface area contributed by atoms with E-state index in [9.17, 15) is 0 Å². The molecule has 1 rings (SSSR count). The van der Waals surface area contributed by atoms with Gasteiger partial charge in [-0.05, 0) is 25.3 Å². The molecular weight excluding hydrogens is 210 g/mol. The number of hydrogen-bond donors (Lipinski definition) is 2. The topological polar surface area (TPSA) is 37.0 Å². The predicted octanol–water partition coefficient (Wildman–Crippen LogP) is 3.75. The van der Waals surface area contributed by atoms with Crippen molar-refractivity contribution in [3.05, 3.63) is 18.3 Å². The molecule has 17 heavy (non-hydrogen) atoms. The maximum Gasteiger partial charge on any atom is 0.127 e. The molecule has 1 heterocycles. The van der Waals surface area contributed by atoms with Gasteiger partial charge >= 0.3 is 0 Å². The third-order valence-corrected chi connectivity index (χ3v) is 2.85. The molecule has 2 N–H and O–H groups in total. The highest BCUT2D eigenvalue weighted by molar-refractivity contribution is 5.51. The van der Waals surface area contributed by atoms with E-state index in [1.165, 1.54) is 19.3 Å². The zero-order valence-corrected chi connectivity index (χ0v) is 11.5. The summed E-state index contributed by atoms with van der Waals surface area (Å²) in [5.41, 5.74) is 1.14. The van der Waals surface area contributed by atoms with Gasteiger partial charge in [-0.1, -0.05) is 26.7 Å². The fraction of sp³-hybridized carbons (Fsp3) is 0.643. The molecule has 0 amide bonds. The second-order valence-electron chi connectivity index (χ2n) is 5.05. The summed E-state index contributed by atoms with van der Waals surface area (Å²) in [6.45, 7) is 6.79. The molecule has 1 aromatic heterocycles. The summed E-state index contributed by atoms with van der Waals surface area (Å²) >= 11 is 0. The van der Waals surface area contributed by atoms with E-state index in [0.29, 0.717) is 6.04 Å². The lowest BCUT2D eigenvalue weighted by Crippen LogP contribution is -2.15. The van der Waals surface area contributed by atoms with Crippen LogP contribution in [-0.4, -0.2) is 18.1 Å². The van der Waals surface area contributed by atoms with Gasteiger partial charge < -0.3 is 10.6 Å². The molecule has 0 radical (unpaired) electrons. The molecule has 1 unspecified atom stereocenters. The third-order valence-electron chi connectivity index (χ3n) is 2.85. The van der Waals surface area contributed by atoms with Crippen LogP contribution in [0, 0.1) is 5.92 Å². The largest absolute Gasteiger partial charge is 0.382 e. The summed E-state index contributed by atoms with van der Waals surface area (Å²) in [5, 5.41) is 6.56. The van der Waals surface area contributed by atoms with Gasteiger partial charge in [-0.15, -0.1) is 0 Å². The minimum Gasteiger partial charge on any atom is -0.382 e. The highest BCUT2D eigenvalue weighted by Gasteiger charge is 2.03. The summed E-state index contributed by atoms with van der Waals surface area (Å²) in [6, 6.07) is 4.57. The van der Waals surface area contributed by atoms with Crippen LogP contribution in [0.15, 0.2) is 18.3 Å². The lowest BCUT2D eigenvalue weighted by Gasteiger charge is -2.16. The number of rotatable bonds is 7. The van der Waals surface area contributed by atoms with E-state index < -0.39 is 0 Å². The summed E-state index contributed by atoms with van der Waals surface area (Å²) in [6.07, 6.45) is 5.64. The molecular formula is C14H25N3. The lowest BCUT2D eigenvalue weighted by molar-refractivity contribution is 0.520. The van der Waals surface area contributed by atoms with Crippen LogP contribution in [0.4, 0.5) is 11.5 Å². The summed E-state index contributed by atoms with van der Waals surface area (Å²) in [5.74, 6) is 1.71. The number of aromatic nitrogens is 1. The molecule has 3 heteroatoms. The number of nitrogens with zero attached hydrogens (tertiary/aromatic N) is 1. The average Bonchev–Trinajstić information content (AvgIpc) is 2.28. The van der Waals surface area contributed by atoms with Crippen molar-refractivity contribution in [1.82, 2.24) is 4.98 Å².